The number of aromatic nitrogens is 3. The van der Waals surface area contributed by atoms with Crippen LogP contribution in [-0.4, -0.2) is 27.4 Å². The Hall–Kier alpha value is -2.15. The number of fused-ring (bicyclic) bond motifs is 1. The van der Waals surface area contributed by atoms with Gasteiger partial charge in [0.15, 0.2) is 5.69 Å². The predicted octanol–water partition coefficient (Wildman–Crippen LogP) is 1.66. The van der Waals surface area contributed by atoms with E-state index >= 15 is 0 Å². The van der Waals surface area contributed by atoms with E-state index in [1.165, 1.54) is 0 Å². The molecule has 1 amide bonds. The van der Waals surface area contributed by atoms with Gasteiger partial charge >= 0.3 is 0 Å². The molecule has 2 aromatic rings. The van der Waals surface area contributed by atoms with Crippen molar-refractivity contribution in [3.8, 4) is 0 Å². The van der Waals surface area contributed by atoms with Gasteiger partial charge in [0, 0.05) is 17.5 Å². The molecule has 0 bridgehead atoms. The van der Waals surface area contributed by atoms with E-state index < -0.39 is 0 Å². The summed E-state index contributed by atoms with van der Waals surface area (Å²) in [6.07, 6.45) is 2.24. The van der Waals surface area contributed by atoms with Crippen molar-refractivity contribution in [3.63, 3.8) is 0 Å². The highest BCUT2D eigenvalue weighted by atomic mass is 16.5. The first-order chi connectivity index (χ1) is 10.1. The molecular formula is C14H18N4O3. The Kier molecular flexibility index (Phi) is 3.50. The van der Waals surface area contributed by atoms with Gasteiger partial charge in [-0.2, -0.15) is 5.10 Å². The minimum Gasteiger partial charge on any atom is -0.369 e. The zero-order valence-electron chi connectivity index (χ0n) is 12.3. The molecule has 7 heteroatoms. The summed E-state index contributed by atoms with van der Waals surface area (Å²) < 4.78 is 10.6. The second-order valence-corrected chi connectivity index (χ2v) is 5.38. The molecule has 3 heterocycles. The zero-order valence-corrected chi connectivity index (χ0v) is 12.3. The van der Waals surface area contributed by atoms with Crippen LogP contribution in [0, 0.1) is 6.92 Å². The van der Waals surface area contributed by atoms with Gasteiger partial charge < -0.3 is 14.6 Å². The first kappa shape index (κ1) is 13.8. The fourth-order valence-corrected chi connectivity index (χ4v) is 2.59. The molecule has 2 atom stereocenters. The third kappa shape index (κ3) is 2.56. The van der Waals surface area contributed by atoms with Crippen LogP contribution in [0.3, 0.4) is 0 Å². The van der Waals surface area contributed by atoms with Crippen molar-refractivity contribution in [2.24, 2.45) is 0 Å². The molecule has 21 heavy (non-hydrogen) atoms. The number of H-pyrrole nitrogens is 1. The molecule has 0 spiro atoms. The molecule has 0 aromatic carbocycles. The summed E-state index contributed by atoms with van der Waals surface area (Å²) in [4.78, 5) is 12.3. The van der Waals surface area contributed by atoms with Crippen LogP contribution in [0.15, 0.2) is 10.8 Å². The van der Waals surface area contributed by atoms with Crippen LogP contribution in [-0.2, 0) is 17.7 Å². The number of carbonyl (C=O) groups excluding carboxylic acids is 1. The normalized spacial score (nSPS) is 21.1. The van der Waals surface area contributed by atoms with Crippen LogP contribution in [0.4, 0.5) is 0 Å². The first-order valence-electron chi connectivity index (χ1n) is 6.97. The van der Waals surface area contributed by atoms with Gasteiger partial charge in [0.25, 0.3) is 5.91 Å². The van der Waals surface area contributed by atoms with Gasteiger partial charge in [0.2, 0.25) is 0 Å². The summed E-state index contributed by atoms with van der Waals surface area (Å²) in [6.45, 7) is 6.15. The van der Waals surface area contributed by atoms with Crippen LogP contribution in [0.25, 0.3) is 0 Å². The van der Waals surface area contributed by atoms with E-state index in [0.717, 1.165) is 22.5 Å². The number of carbonyl (C=O) groups is 1. The largest absolute Gasteiger partial charge is 0.369 e. The lowest BCUT2D eigenvalue weighted by atomic mass is 9.99. The Bertz CT molecular complexity index is 661. The second-order valence-electron chi connectivity index (χ2n) is 5.38. The minimum atomic E-state index is -0.212. The minimum absolute atomic E-state index is 0.0735. The van der Waals surface area contributed by atoms with Crippen LogP contribution < -0.4 is 5.32 Å². The quantitative estimate of drug-likeness (QED) is 0.896. The smallest absolute Gasteiger partial charge is 0.272 e. The molecule has 0 radical (unpaired) electrons. The Morgan fingerprint density at radius 1 is 1.52 bits per heavy atom. The third-order valence-corrected chi connectivity index (χ3v) is 3.71. The predicted molar refractivity (Wildman–Crippen MR) is 73.7 cm³/mol. The molecule has 0 saturated heterocycles. The lowest BCUT2D eigenvalue weighted by Gasteiger charge is -2.25. The number of aromatic amines is 1. The molecule has 2 aromatic heterocycles. The molecule has 0 fully saturated rings. The van der Waals surface area contributed by atoms with E-state index in [9.17, 15) is 4.79 Å². The van der Waals surface area contributed by atoms with E-state index in [1.54, 1.807) is 6.26 Å². The number of amides is 1. The summed E-state index contributed by atoms with van der Waals surface area (Å²) in [5.74, 6) is -0.212. The van der Waals surface area contributed by atoms with Crippen molar-refractivity contribution in [1.82, 2.24) is 20.7 Å². The number of hydrogen-bond donors (Lipinski definition) is 2. The summed E-state index contributed by atoms with van der Waals surface area (Å²) in [6, 6.07) is 0. The molecule has 1 aliphatic heterocycles. The second kappa shape index (κ2) is 5.33. The fraction of sp³-hybridized carbons (Fsp3) is 0.500. The van der Waals surface area contributed by atoms with Gasteiger partial charge in [-0.15, -0.1) is 0 Å². The van der Waals surface area contributed by atoms with Gasteiger partial charge in [-0.25, -0.2) is 0 Å². The monoisotopic (exact) mass is 290 g/mol. The molecular weight excluding hydrogens is 272 g/mol. The van der Waals surface area contributed by atoms with Gasteiger partial charge in [0.05, 0.1) is 24.4 Å². The maximum Gasteiger partial charge on any atom is 0.272 e. The van der Waals surface area contributed by atoms with Crippen molar-refractivity contribution < 1.29 is 14.1 Å². The molecule has 1 aliphatic rings. The van der Waals surface area contributed by atoms with E-state index in [1.807, 2.05) is 20.8 Å². The number of nitrogens with one attached hydrogen (secondary N) is 2. The fourth-order valence-electron chi connectivity index (χ4n) is 2.59. The molecule has 2 N–H and O–H groups in total. The highest BCUT2D eigenvalue weighted by Crippen LogP contribution is 2.30. The number of hydrogen-bond acceptors (Lipinski definition) is 5. The van der Waals surface area contributed by atoms with Crippen molar-refractivity contribution in [2.75, 3.05) is 0 Å². The van der Waals surface area contributed by atoms with E-state index in [-0.39, 0.29) is 18.1 Å². The van der Waals surface area contributed by atoms with Crippen molar-refractivity contribution in [3.05, 3.63) is 34.5 Å². The van der Waals surface area contributed by atoms with E-state index in [2.05, 4.69) is 20.7 Å². The van der Waals surface area contributed by atoms with Gasteiger partial charge in [-0.1, -0.05) is 5.16 Å². The summed E-state index contributed by atoms with van der Waals surface area (Å²) in [5.41, 5.74) is 3.90. The standard InChI is InChI=1S/C14H18N4O3/c1-7-6-20-18-11(7)5-15-14(19)13-10-4-8(2)21-9(3)12(10)16-17-13/h6,8-9H,4-5H2,1-3H3,(H,15,19)(H,16,17)/t8-,9+/m1/s1. The average Bonchev–Trinajstić information content (AvgIpc) is 3.02. The molecule has 0 aliphatic carbocycles. The zero-order chi connectivity index (χ0) is 15.0. The van der Waals surface area contributed by atoms with Crippen LogP contribution in [0.5, 0.6) is 0 Å². The number of ether oxygens (including phenoxy) is 1. The maximum atomic E-state index is 12.3. The molecule has 112 valence electrons. The van der Waals surface area contributed by atoms with E-state index in [4.69, 9.17) is 9.26 Å². The average molecular weight is 290 g/mol. The number of rotatable bonds is 3. The topological polar surface area (TPSA) is 93.0 Å². The van der Waals surface area contributed by atoms with Crippen LogP contribution >= 0.6 is 0 Å². The van der Waals surface area contributed by atoms with Crippen molar-refractivity contribution in [1.29, 1.82) is 0 Å². The maximum absolute atomic E-state index is 12.3. The van der Waals surface area contributed by atoms with E-state index in [0.29, 0.717) is 18.7 Å². The highest BCUT2D eigenvalue weighted by molar-refractivity contribution is 5.94. The number of aryl methyl sites for hydroxylation is 1. The molecule has 0 saturated carbocycles. The Balaban J connectivity index is 1.75. The lowest BCUT2D eigenvalue weighted by Crippen LogP contribution is -2.27. The molecule has 3 rings (SSSR count). The van der Waals surface area contributed by atoms with Gasteiger partial charge in [0.1, 0.15) is 12.0 Å². The third-order valence-electron chi connectivity index (χ3n) is 3.71. The van der Waals surface area contributed by atoms with Gasteiger partial charge in [-0.3, -0.25) is 9.89 Å². The molecule has 0 unspecified atom stereocenters. The lowest BCUT2D eigenvalue weighted by molar-refractivity contribution is -0.00697. The van der Waals surface area contributed by atoms with Crippen molar-refractivity contribution in [2.45, 2.75) is 45.9 Å². The highest BCUT2D eigenvalue weighted by Gasteiger charge is 2.29. The van der Waals surface area contributed by atoms with Crippen LogP contribution in [0.1, 0.15) is 53.0 Å². The van der Waals surface area contributed by atoms with Crippen LogP contribution in [0.2, 0.25) is 0 Å². The molecule has 7 nitrogen and oxygen atoms in total. The first-order valence-corrected chi connectivity index (χ1v) is 6.97. The SMILES string of the molecule is Cc1conc1CNC(=O)c1n[nH]c2c1C[C@@H](C)O[C@H]2C. The van der Waals surface area contributed by atoms with Gasteiger partial charge in [-0.05, 0) is 20.8 Å². The number of nitrogens with zero attached hydrogens (tertiary/aromatic N) is 2. The Morgan fingerprint density at radius 3 is 3.05 bits per heavy atom. The summed E-state index contributed by atoms with van der Waals surface area (Å²) in [5, 5.41) is 13.7. The van der Waals surface area contributed by atoms with Crippen molar-refractivity contribution >= 4 is 5.91 Å². The Labute approximate surface area is 122 Å². The Morgan fingerprint density at radius 2 is 2.33 bits per heavy atom. The summed E-state index contributed by atoms with van der Waals surface area (Å²) in [7, 11) is 0. The summed E-state index contributed by atoms with van der Waals surface area (Å²) >= 11 is 0.